The van der Waals surface area contributed by atoms with E-state index in [0.29, 0.717) is 37.6 Å². The second kappa shape index (κ2) is 9.44. The summed E-state index contributed by atoms with van der Waals surface area (Å²) in [6.07, 6.45) is -3.80. The van der Waals surface area contributed by atoms with Crippen molar-refractivity contribution in [3.63, 3.8) is 0 Å². The topological polar surface area (TPSA) is 85.2 Å². The minimum atomic E-state index is -4.76. The van der Waals surface area contributed by atoms with Crippen molar-refractivity contribution >= 4 is 11.6 Å². The van der Waals surface area contributed by atoms with Crippen LogP contribution in [-0.4, -0.2) is 29.7 Å². The van der Waals surface area contributed by atoms with E-state index in [1.54, 1.807) is 12.1 Å². The lowest BCUT2D eigenvalue weighted by Gasteiger charge is -2.33. The van der Waals surface area contributed by atoms with Crippen LogP contribution < -0.4 is 10.6 Å². The highest BCUT2D eigenvalue weighted by atomic mass is 19.4. The molecule has 166 valence electrons. The average Bonchev–Trinajstić information content (AvgIpc) is 2.78. The molecule has 5 nitrogen and oxygen atoms in total. The van der Waals surface area contributed by atoms with Crippen molar-refractivity contribution in [2.24, 2.45) is 5.92 Å². The normalized spacial score (nSPS) is 16.2. The molecule has 0 spiro atoms. The van der Waals surface area contributed by atoms with Crippen LogP contribution in [0.5, 0.6) is 0 Å². The molecule has 0 radical (unpaired) electrons. The summed E-state index contributed by atoms with van der Waals surface area (Å²) in [7, 11) is 0. The number of aliphatic hydroxyl groups is 1. The van der Waals surface area contributed by atoms with Crippen LogP contribution in [0.3, 0.4) is 0 Å². The Balaban J connectivity index is 1.94. The molecule has 3 N–H and O–H groups in total. The number of nitriles is 1. The molecule has 2 aromatic carbocycles. The number of hydrogen-bond donors (Lipinski definition) is 3. The molecule has 1 aliphatic rings. The summed E-state index contributed by atoms with van der Waals surface area (Å²) in [6.45, 7) is 3.09. The van der Waals surface area contributed by atoms with Crippen LogP contribution in [0.2, 0.25) is 0 Å². The van der Waals surface area contributed by atoms with Gasteiger partial charge in [0, 0.05) is 17.2 Å². The summed E-state index contributed by atoms with van der Waals surface area (Å²) < 4.78 is 39.8. The first-order valence-corrected chi connectivity index (χ1v) is 10.1. The van der Waals surface area contributed by atoms with Gasteiger partial charge in [-0.15, -0.1) is 0 Å². The van der Waals surface area contributed by atoms with E-state index in [0.717, 1.165) is 11.6 Å². The SMILES string of the molecule is Cc1ccc(C#CC(O)(C(=O)Nc2ccc(C#N)c(C(F)(F)F)c2)C2CCNCC2)cc1. The fourth-order valence-electron chi connectivity index (χ4n) is 3.57. The van der Waals surface area contributed by atoms with Gasteiger partial charge in [0.15, 0.2) is 0 Å². The number of piperidine rings is 1. The summed E-state index contributed by atoms with van der Waals surface area (Å²) in [5.41, 5.74) is -2.35. The fraction of sp³-hybridized carbons (Fsp3) is 0.333. The number of benzene rings is 2. The van der Waals surface area contributed by atoms with Crippen molar-refractivity contribution in [1.82, 2.24) is 5.32 Å². The van der Waals surface area contributed by atoms with Crippen molar-refractivity contribution in [2.45, 2.75) is 31.5 Å². The zero-order valence-corrected chi connectivity index (χ0v) is 17.4. The Morgan fingerprint density at radius 3 is 2.41 bits per heavy atom. The molecule has 1 atom stereocenters. The molecule has 1 fully saturated rings. The standard InChI is InChI=1S/C24H22F3N3O2/c1-16-2-4-17(5-3-16)8-11-23(32,19-9-12-29-13-10-19)22(31)30-20-7-6-18(15-28)21(14-20)24(25,26)27/h2-7,14,19,29,32H,9-10,12-13H2,1H3,(H,30,31). The molecule has 1 amide bonds. The Morgan fingerprint density at radius 1 is 1.16 bits per heavy atom. The van der Waals surface area contributed by atoms with Crippen LogP contribution in [-0.2, 0) is 11.0 Å². The highest BCUT2D eigenvalue weighted by Gasteiger charge is 2.43. The van der Waals surface area contributed by atoms with Gasteiger partial charge < -0.3 is 15.7 Å². The highest BCUT2D eigenvalue weighted by Crippen LogP contribution is 2.34. The lowest BCUT2D eigenvalue weighted by atomic mass is 9.80. The van der Waals surface area contributed by atoms with Crippen LogP contribution in [0.15, 0.2) is 42.5 Å². The van der Waals surface area contributed by atoms with Crippen LogP contribution in [0.1, 0.15) is 35.1 Å². The molecule has 0 aromatic heterocycles. The lowest BCUT2D eigenvalue weighted by Crippen LogP contribution is -2.51. The smallest absolute Gasteiger partial charge is 0.369 e. The predicted octanol–water partition coefficient (Wildman–Crippen LogP) is 3.61. The van der Waals surface area contributed by atoms with Gasteiger partial charge in [-0.05, 0) is 63.2 Å². The van der Waals surface area contributed by atoms with Gasteiger partial charge in [-0.1, -0.05) is 29.5 Å². The molecule has 32 heavy (non-hydrogen) atoms. The lowest BCUT2D eigenvalue weighted by molar-refractivity contribution is -0.138. The van der Waals surface area contributed by atoms with Crippen molar-refractivity contribution in [2.75, 3.05) is 18.4 Å². The molecule has 3 rings (SSSR count). The quantitative estimate of drug-likeness (QED) is 0.636. The van der Waals surface area contributed by atoms with Crippen LogP contribution >= 0.6 is 0 Å². The Hall–Kier alpha value is -3.33. The van der Waals surface area contributed by atoms with Crippen molar-refractivity contribution in [3.05, 3.63) is 64.7 Å². The van der Waals surface area contributed by atoms with E-state index in [4.69, 9.17) is 5.26 Å². The van der Waals surface area contributed by atoms with Crippen LogP contribution in [0.4, 0.5) is 18.9 Å². The van der Waals surface area contributed by atoms with Gasteiger partial charge in [-0.3, -0.25) is 4.79 Å². The molecule has 0 saturated carbocycles. The molecular formula is C24H22F3N3O2. The maximum atomic E-state index is 13.3. The number of carbonyl (C=O) groups is 1. The minimum absolute atomic E-state index is 0.175. The first-order chi connectivity index (χ1) is 15.1. The summed E-state index contributed by atoms with van der Waals surface area (Å²) in [5.74, 6) is 4.11. The summed E-state index contributed by atoms with van der Waals surface area (Å²) in [4.78, 5) is 13.1. The summed E-state index contributed by atoms with van der Waals surface area (Å²) in [6, 6.07) is 11.6. The van der Waals surface area contributed by atoms with E-state index in [2.05, 4.69) is 22.5 Å². The molecular weight excluding hydrogens is 419 g/mol. The Bertz CT molecular complexity index is 1090. The number of nitrogens with one attached hydrogen (secondary N) is 2. The second-order valence-electron chi connectivity index (χ2n) is 7.73. The van der Waals surface area contributed by atoms with Gasteiger partial charge in [0.1, 0.15) is 0 Å². The Morgan fingerprint density at radius 2 is 1.81 bits per heavy atom. The Labute approximate surface area is 184 Å². The van der Waals surface area contributed by atoms with E-state index >= 15 is 0 Å². The van der Waals surface area contributed by atoms with Gasteiger partial charge in [-0.25, -0.2) is 0 Å². The van der Waals surface area contributed by atoms with E-state index in [1.807, 2.05) is 19.1 Å². The number of amides is 1. The fourth-order valence-corrected chi connectivity index (χ4v) is 3.57. The number of anilines is 1. The number of alkyl halides is 3. The van der Waals surface area contributed by atoms with E-state index in [9.17, 15) is 23.1 Å². The number of halogens is 3. The van der Waals surface area contributed by atoms with E-state index in [-0.39, 0.29) is 5.69 Å². The zero-order valence-electron chi connectivity index (χ0n) is 17.4. The molecule has 1 aliphatic heterocycles. The number of aryl methyl sites for hydroxylation is 1. The average molecular weight is 441 g/mol. The van der Waals surface area contributed by atoms with E-state index < -0.39 is 34.7 Å². The number of rotatable bonds is 3. The molecule has 2 aromatic rings. The molecule has 1 saturated heterocycles. The van der Waals surface area contributed by atoms with Gasteiger partial charge in [-0.2, -0.15) is 18.4 Å². The molecule has 0 bridgehead atoms. The van der Waals surface area contributed by atoms with Gasteiger partial charge in [0.05, 0.1) is 17.2 Å². The predicted molar refractivity (Wildman–Crippen MR) is 113 cm³/mol. The van der Waals surface area contributed by atoms with Gasteiger partial charge in [0.25, 0.3) is 5.91 Å². The van der Waals surface area contributed by atoms with Crippen LogP contribution in [0.25, 0.3) is 0 Å². The molecule has 0 aliphatic carbocycles. The van der Waals surface area contributed by atoms with E-state index in [1.165, 1.54) is 12.1 Å². The number of carbonyl (C=O) groups excluding carboxylic acids is 1. The third kappa shape index (κ3) is 5.28. The second-order valence-corrected chi connectivity index (χ2v) is 7.73. The number of nitrogens with zero attached hydrogens (tertiary/aromatic N) is 1. The number of hydrogen-bond acceptors (Lipinski definition) is 4. The van der Waals surface area contributed by atoms with Crippen molar-refractivity contribution < 1.29 is 23.1 Å². The maximum Gasteiger partial charge on any atom is 0.417 e. The highest BCUT2D eigenvalue weighted by molar-refractivity contribution is 6.00. The third-order valence-electron chi connectivity index (χ3n) is 5.43. The maximum absolute atomic E-state index is 13.3. The molecule has 1 heterocycles. The molecule has 1 unspecified atom stereocenters. The largest absolute Gasteiger partial charge is 0.417 e. The third-order valence-corrected chi connectivity index (χ3v) is 5.43. The Kier molecular flexibility index (Phi) is 6.88. The first kappa shape index (κ1) is 23.3. The first-order valence-electron chi connectivity index (χ1n) is 10.1. The van der Waals surface area contributed by atoms with Gasteiger partial charge in [0.2, 0.25) is 5.60 Å². The minimum Gasteiger partial charge on any atom is -0.369 e. The monoisotopic (exact) mass is 441 g/mol. The van der Waals surface area contributed by atoms with Crippen molar-refractivity contribution in [1.29, 1.82) is 5.26 Å². The van der Waals surface area contributed by atoms with Gasteiger partial charge >= 0.3 is 6.18 Å². The molecule has 8 heteroatoms. The zero-order chi connectivity index (χ0) is 23.4. The summed E-state index contributed by atoms with van der Waals surface area (Å²) >= 11 is 0. The van der Waals surface area contributed by atoms with Crippen LogP contribution in [0, 0.1) is 36.0 Å². The summed E-state index contributed by atoms with van der Waals surface area (Å²) in [5, 5.41) is 25.8. The van der Waals surface area contributed by atoms with Crippen molar-refractivity contribution in [3.8, 4) is 17.9 Å².